The minimum absolute atomic E-state index is 0.0240. The van der Waals surface area contributed by atoms with Crippen LogP contribution < -0.4 is 10.7 Å². The second kappa shape index (κ2) is 7.79. The van der Waals surface area contributed by atoms with E-state index in [2.05, 4.69) is 10.3 Å². The van der Waals surface area contributed by atoms with Crippen LogP contribution in [0.5, 0.6) is 0 Å². The molecule has 0 aliphatic rings. The second-order valence-electron chi connectivity index (χ2n) is 6.57. The molecule has 26 heavy (non-hydrogen) atoms. The molecule has 0 saturated heterocycles. The molecule has 1 aromatic heterocycles. The van der Waals surface area contributed by atoms with E-state index in [0.717, 1.165) is 39.0 Å². The quantitative estimate of drug-likeness (QED) is 0.707. The van der Waals surface area contributed by atoms with E-state index in [1.807, 2.05) is 57.2 Å². The maximum atomic E-state index is 12.4. The molecule has 2 aromatic carbocycles. The molecule has 0 aliphatic heterocycles. The van der Waals surface area contributed by atoms with Crippen molar-refractivity contribution in [1.29, 1.82) is 0 Å². The van der Waals surface area contributed by atoms with E-state index in [1.54, 1.807) is 6.07 Å². The van der Waals surface area contributed by atoms with Crippen molar-refractivity contribution in [1.82, 2.24) is 4.98 Å². The van der Waals surface area contributed by atoms with E-state index in [4.69, 9.17) is 0 Å². The zero-order chi connectivity index (χ0) is 18.7. The molecule has 134 valence electrons. The number of benzene rings is 2. The van der Waals surface area contributed by atoms with E-state index in [1.165, 1.54) is 11.8 Å². The van der Waals surface area contributed by atoms with Gasteiger partial charge in [0, 0.05) is 28.6 Å². The predicted molar refractivity (Wildman–Crippen MR) is 110 cm³/mol. The standard InChI is InChI=1S/C21H22N2O2S/c1-13-4-6-16(7-5-13)23-20(25)12-26-11-17-10-19(24)21-15(3)8-14(2)9-18(21)22-17/h4-10H,11-12H2,1-3H3,(H,22,24)(H,23,25). The number of aryl methyl sites for hydroxylation is 3. The van der Waals surface area contributed by atoms with Gasteiger partial charge in [0.2, 0.25) is 5.91 Å². The Kier molecular flexibility index (Phi) is 5.47. The van der Waals surface area contributed by atoms with Crippen LogP contribution in [0.15, 0.2) is 47.3 Å². The largest absolute Gasteiger partial charge is 0.357 e. The average molecular weight is 366 g/mol. The molecule has 0 fully saturated rings. The summed E-state index contributed by atoms with van der Waals surface area (Å²) in [6.45, 7) is 5.98. The summed E-state index contributed by atoms with van der Waals surface area (Å²) in [6, 6.07) is 13.4. The van der Waals surface area contributed by atoms with Crippen LogP contribution in [-0.4, -0.2) is 16.6 Å². The lowest BCUT2D eigenvalue weighted by Gasteiger charge is -2.08. The van der Waals surface area contributed by atoms with Crippen molar-refractivity contribution in [3.63, 3.8) is 0 Å². The molecule has 0 atom stereocenters. The third kappa shape index (κ3) is 4.35. The number of fused-ring (bicyclic) bond motifs is 1. The molecule has 3 aromatic rings. The third-order valence-corrected chi connectivity index (χ3v) is 5.13. The van der Waals surface area contributed by atoms with E-state index < -0.39 is 0 Å². The SMILES string of the molecule is Cc1ccc(NC(=O)CSCc2cc(=O)c3c(C)cc(C)cc3[nH]2)cc1. The number of nitrogens with one attached hydrogen (secondary N) is 2. The predicted octanol–water partition coefficient (Wildman–Crippen LogP) is 4.33. The maximum absolute atomic E-state index is 12.4. The summed E-state index contributed by atoms with van der Waals surface area (Å²) < 4.78 is 0. The van der Waals surface area contributed by atoms with Crippen LogP contribution in [0.4, 0.5) is 5.69 Å². The van der Waals surface area contributed by atoms with Crippen molar-refractivity contribution in [3.05, 3.63) is 75.1 Å². The van der Waals surface area contributed by atoms with Crippen molar-refractivity contribution in [2.75, 3.05) is 11.1 Å². The van der Waals surface area contributed by atoms with Gasteiger partial charge in [-0.3, -0.25) is 9.59 Å². The number of anilines is 1. The van der Waals surface area contributed by atoms with E-state index in [-0.39, 0.29) is 11.3 Å². The Morgan fingerprint density at radius 3 is 2.50 bits per heavy atom. The van der Waals surface area contributed by atoms with Crippen LogP contribution in [0, 0.1) is 20.8 Å². The molecular formula is C21H22N2O2S. The number of hydrogen-bond donors (Lipinski definition) is 2. The first kappa shape index (κ1) is 18.3. The number of carbonyl (C=O) groups excluding carboxylic acids is 1. The Morgan fingerprint density at radius 2 is 1.77 bits per heavy atom. The summed E-state index contributed by atoms with van der Waals surface area (Å²) >= 11 is 1.48. The zero-order valence-electron chi connectivity index (χ0n) is 15.2. The topological polar surface area (TPSA) is 62.0 Å². The van der Waals surface area contributed by atoms with Gasteiger partial charge in [-0.25, -0.2) is 0 Å². The number of carbonyl (C=O) groups is 1. The molecular weight excluding hydrogens is 344 g/mol. The van der Waals surface area contributed by atoms with Crippen LogP contribution in [0.25, 0.3) is 10.9 Å². The van der Waals surface area contributed by atoms with Gasteiger partial charge in [0.05, 0.1) is 11.3 Å². The van der Waals surface area contributed by atoms with Gasteiger partial charge in [-0.1, -0.05) is 23.8 Å². The second-order valence-corrected chi connectivity index (χ2v) is 7.56. The number of pyridine rings is 1. The van der Waals surface area contributed by atoms with Crippen molar-refractivity contribution in [2.45, 2.75) is 26.5 Å². The van der Waals surface area contributed by atoms with Crippen molar-refractivity contribution in [3.8, 4) is 0 Å². The number of aromatic nitrogens is 1. The number of thioether (sulfide) groups is 1. The van der Waals surface area contributed by atoms with Gasteiger partial charge >= 0.3 is 0 Å². The van der Waals surface area contributed by atoms with E-state index in [0.29, 0.717) is 11.5 Å². The Morgan fingerprint density at radius 1 is 1.04 bits per heavy atom. The molecule has 3 rings (SSSR count). The van der Waals surface area contributed by atoms with Gasteiger partial charge in [0.15, 0.2) is 5.43 Å². The highest BCUT2D eigenvalue weighted by atomic mass is 32.2. The highest BCUT2D eigenvalue weighted by Gasteiger charge is 2.08. The summed E-state index contributed by atoms with van der Waals surface area (Å²) in [4.78, 5) is 27.8. The molecule has 0 unspecified atom stereocenters. The highest BCUT2D eigenvalue weighted by Crippen LogP contribution is 2.18. The molecule has 1 heterocycles. The molecule has 0 saturated carbocycles. The van der Waals surface area contributed by atoms with E-state index >= 15 is 0 Å². The normalized spacial score (nSPS) is 10.9. The third-order valence-electron chi connectivity index (χ3n) is 4.15. The highest BCUT2D eigenvalue weighted by molar-refractivity contribution is 7.99. The fraction of sp³-hybridized carbons (Fsp3) is 0.238. The summed E-state index contributed by atoms with van der Waals surface area (Å²) in [5, 5.41) is 3.62. The van der Waals surface area contributed by atoms with Crippen LogP contribution >= 0.6 is 11.8 Å². The first-order valence-electron chi connectivity index (χ1n) is 8.50. The number of hydrogen-bond acceptors (Lipinski definition) is 3. The molecule has 0 spiro atoms. The molecule has 1 amide bonds. The van der Waals surface area contributed by atoms with Crippen molar-refractivity contribution < 1.29 is 4.79 Å². The molecule has 0 radical (unpaired) electrons. The van der Waals surface area contributed by atoms with Gasteiger partial charge in [-0.2, -0.15) is 0 Å². The summed E-state index contributed by atoms with van der Waals surface area (Å²) in [7, 11) is 0. The minimum Gasteiger partial charge on any atom is -0.357 e. The molecule has 0 aliphatic carbocycles. The molecule has 5 heteroatoms. The molecule has 4 nitrogen and oxygen atoms in total. The minimum atomic E-state index is -0.0475. The monoisotopic (exact) mass is 366 g/mol. The van der Waals surface area contributed by atoms with Gasteiger partial charge in [-0.05, 0) is 50.1 Å². The van der Waals surface area contributed by atoms with Gasteiger partial charge in [-0.15, -0.1) is 11.8 Å². The fourth-order valence-corrected chi connectivity index (χ4v) is 3.73. The lowest BCUT2D eigenvalue weighted by Crippen LogP contribution is -2.14. The van der Waals surface area contributed by atoms with Crippen LogP contribution in [0.3, 0.4) is 0 Å². The van der Waals surface area contributed by atoms with Crippen LogP contribution in [-0.2, 0) is 10.5 Å². The van der Waals surface area contributed by atoms with Crippen molar-refractivity contribution >= 4 is 34.3 Å². The summed E-state index contributed by atoms with van der Waals surface area (Å²) in [6.07, 6.45) is 0. The average Bonchev–Trinajstić information content (AvgIpc) is 2.56. The number of aromatic amines is 1. The van der Waals surface area contributed by atoms with E-state index in [9.17, 15) is 9.59 Å². The maximum Gasteiger partial charge on any atom is 0.234 e. The lowest BCUT2D eigenvalue weighted by atomic mass is 10.1. The Labute approximate surface area is 157 Å². The molecule has 2 N–H and O–H groups in total. The summed E-state index contributed by atoms with van der Waals surface area (Å²) in [5.41, 5.74) is 5.77. The van der Waals surface area contributed by atoms with Gasteiger partial charge < -0.3 is 10.3 Å². The number of amides is 1. The van der Waals surface area contributed by atoms with Crippen LogP contribution in [0.2, 0.25) is 0 Å². The van der Waals surface area contributed by atoms with Gasteiger partial charge in [0.1, 0.15) is 0 Å². The molecule has 0 bridgehead atoms. The lowest BCUT2D eigenvalue weighted by molar-refractivity contribution is -0.113. The number of H-pyrrole nitrogens is 1. The van der Waals surface area contributed by atoms with Gasteiger partial charge in [0.25, 0.3) is 0 Å². The fourth-order valence-electron chi connectivity index (χ4n) is 3.00. The Bertz CT molecular complexity index is 1010. The van der Waals surface area contributed by atoms with Crippen LogP contribution in [0.1, 0.15) is 22.4 Å². The smallest absolute Gasteiger partial charge is 0.234 e. The van der Waals surface area contributed by atoms with Crippen molar-refractivity contribution in [2.24, 2.45) is 0 Å². The summed E-state index contributed by atoms with van der Waals surface area (Å²) in [5.74, 6) is 0.869. The first-order chi connectivity index (χ1) is 12.4. The Balaban J connectivity index is 1.63. The zero-order valence-corrected chi connectivity index (χ0v) is 16.0. The Hall–Kier alpha value is -2.53. The first-order valence-corrected chi connectivity index (χ1v) is 9.65. The number of rotatable bonds is 5.